The van der Waals surface area contributed by atoms with Gasteiger partial charge in [0.15, 0.2) is 0 Å². The average Bonchev–Trinajstić information content (AvgIpc) is 2.77. The predicted molar refractivity (Wildman–Crippen MR) is 52.5 cm³/mol. The van der Waals surface area contributed by atoms with Crippen LogP contribution in [-0.2, 0) is 4.79 Å². The predicted octanol–water partition coefficient (Wildman–Crippen LogP) is -0.330. The molecule has 72 valence electrons. The summed E-state index contributed by atoms with van der Waals surface area (Å²) in [6.45, 7) is 0. The van der Waals surface area contributed by atoms with Crippen LogP contribution >= 0.6 is 0 Å². The van der Waals surface area contributed by atoms with Crippen molar-refractivity contribution >= 4 is 29.3 Å². The lowest BCUT2D eigenvalue weighted by molar-refractivity contribution is -0.112. The number of azo groups is 1. The highest BCUT2D eigenvalue weighted by atomic mass is 16.1. The number of fused-ring (bicyclic) bond motifs is 2. The molecule has 0 fully saturated rings. The smallest absolute Gasteiger partial charge is 0.286 e. The van der Waals surface area contributed by atoms with E-state index in [4.69, 9.17) is 5.73 Å². The number of benzene rings is 1. The van der Waals surface area contributed by atoms with E-state index in [-0.39, 0.29) is 5.84 Å². The first-order valence-electron chi connectivity index (χ1n) is 4.26. The zero-order valence-corrected chi connectivity index (χ0v) is 7.51. The minimum absolute atomic E-state index is 0.0330. The average molecular weight is 199 g/mol. The zero-order chi connectivity index (χ0) is 10.4. The summed E-state index contributed by atoms with van der Waals surface area (Å²) in [4.78, 5) is 18.9. The van der Waals surface area contributed by atoms with Crippen LogP contribution in [0.2, 0.25) is 0 Å². The van der Waals surface area contributed by atoms with Gasteiger partial charge in [-0.3, -0.25) is 4.79 Å². The largest absolute Gasteiger partial charge is 0.363 e. The summed E-state index contributed by atoms with van der Waals surface area (Å²) in [5.74, 6) is -0.595. The number of carbonyl (C=O) groups excluding carboxylic acids is 1. The summed E-state index contributed by atoms with van der Waals surface area (Å²) >= 11 is 0. The molecule has 0 spiro atoms. The first kappa shape index (κ1) is 7.98. The van der Waals surface area contributed by atoms with Crippen molar-refractivity contribution in [3.8, 4) is 0 Å². The minimum atomic E-state index is -0.628. The molecule has 0 aliphatic carbocycles. The highest BCUT2D eigenvalue weighted by molar-refractivity contribution is 6.38. The number of amidine groups is 1. The van der Waals surface area contributed by atoms with Crippen molar-refractivity contribution in [1.29, 1.82) is 0 Å². The molecule has 1 aromatic rings. The van der Waals surface area contributed by atoms with Gasteiger partial charge in [0, 0.05) is 5.22 Å². The molecule has 0 unspecified atom stereocenters. The van der Waals surface area contributed by atoms with Crippen molar-refractivity contribution in [3.05, 3.63) is 22.7 Å². The van der Waals surface area contributed by atoms with Crippen LogP contribution in [0.25, 0.3) is 6.20 Å². The van der Waals surface area contributed by atoms with Crippen molar-refractivity contribution in [2.24, 2.45) is 25.9 Å². The topological polar surface area (TPSA) is 92.5 Å². The Labute approximate surface area is 83.6 Å². The molecule has 2 aliphatic heterocycles. The van der Waals surface area contributed by atoms with Crippen LogP contribution in [0, 0.1) is 0 Å². The van der Waals surface area contributed by atoms with Crippen molar-refractivity contribution in [1.82, 2.24) is 0 Å². The number of hydrogen-bond donors (Lipinski definition) is 1. The molecule has 0 bridgehead atoms. The molecular weight excluding hydrogens is 194 g/mol. The van der Waals surface area contributed by atoms with Gasteiger partial charge >= 0.3 is 0 Å². The molecule has 1 aromatic carbocycles. The summed E-state index contributed by atoms with van der Waals surface area (Å²) in [6.07, 6.45) is 1.63. The van der Waals surface area contributed by atoms with Gasteiger partial charge in [0.2, 0.25) is 5.84 Å². The van der Waals surface area contributed by atoms with Crippen molar-refractivity contribution in [2.75, 3.05) is 0 Å². The molecule has 2 aliphatic rings. The second-order valence-electron chi connectivity index (χ2n) is 3.16. The van der Waals surface area contributed by atoms with Gasteiger partial charge in [0.1, 0.15) is 0 Å². The van der Waals surface area contributed by atoms with E-state index in [0.29, 0.717) is 11.0 Å². The summed E-state index contributed by atoms with van der Waals surface area (Å²) in [6, 6.07) is 3.52. The summed E-state index contributed by atoms with van der Waals surface area (Å²) in [7, 11) is 0. The number of carbonyl (C=O) groups is 1. The standard InChI is InChI=1S/C9H5N5O/c10-8(15)9-12-6-1-4-3-11-14-5(4)2-7(6)13-9/h1-3H,(H2,10,15). The Morgan fingerprint density at radius 2 is 2.07 bits per heavy atom. The van der Waals surface area contributed by atoms with E-state index in [1.165, 1.54) is 0 Å². The molecule has 0 radical (unpaired) electrons. The minimum Gasteiger partial charge on any atom is -0.363 e. The van der Waals surface area contributed by atoms with E-state index in [1.807, 2.05) is 0 Å². The molecule has 0 saturated carbocycles. The van der Waals surface area contributed by atoms with E-state index in [2.05, 4.69) is 20.2 Å². The molecule has 1 amide bonds. The summed E-state index contributed by atoms with van der Waals surface area (Å²) < 4.78 is 0. The van der Waals surface area contributed by atoms with Crippen LogP contribution in [0.1, 0.15) is 0 Å². The number of aliphatic imine (C=N–C) groups is 1. The Morgan fingerprint density at radius 3 is 2.87 bits per heavy atom. The SMILES string of the molecule is NC(=O)C1=Nc2cc3c(cc2=N1)N=NC=3. The van der Waals surface area contributed by atoms with Crippen molar-refractivity contribution in [3.63, 3.8) is 0 Å². The van der Waals surface area contributed by atoms with Gasteiger partial charge < -0.3 is 5.73 Å². The lowest BCUT2D eigenvalue weighted by Crippen LogP contribution is -2.20. The van der Waals surface area contributed by atoms with Gasteiger partial charge in [-0.15, -0.1) is 0 Å². The number of amides is 1. The number of hydrogen-bond acceptors (Lipinski definition) is 5. The molecule has 6 heteroatoms. The lowest BCUT2D eigenvalue weighted by Gasteiger charge is -1.89. The molecule has 2 heterocycles. The fourth-order valence-electron chi connectivity index (χ4n) is 1.47. The van der Waals surface area contributed by atoms with Crippen LogP contribution < -0.4 is 16.3 Å². The lowest BCUT2D eigenvalue weighted by atomic mass is 10.2. The molecule has 0 atom stereocenters. The van der Waals surface area contributed by atoms with E-state index < -0.39 is 5.91 Å². The Kier molecular flexibility index (Phi) is 1.37. The first-order valence-corrected chi connectivity index (χ1v) is 4.26. The number of nitrogens with two attached hydrogens (primary N) is 1. The van der Waals surface area contributed by atoms with Crippen LogP contribution in [0.15, 0.2) is 32.3 Å². The Bertz CT molecular complexity index is 656. The van der Waals surface area contributed by atoms with Gasteiger partial charge in [-0.25, -0.2) is 9.98 Å². The third kappa shape index (κ3) is 1.08. The normalized spacial score (nSPS) is 15.1. The summed E-state index contributed by atoms with van der Waals surface area (Å²) in [5, 5.41) is 9.13. The van der Waals surface area contributed by atoms with E-state index in [1.54, 1.807) is 18.3 Å². The van der Waals surface area contributed by atoms with Gasteiger partial charge in [0.25, 0.3) is 5.91 Å². The Hall–Kier alpha value is -2.37. The van der Waals surface area contributed by atoms with Gasteiger partial charge in [0.05, 0.1) is 22.9 Å². The van der Waals surface area contributed by atoms with Crippen LogP contribution in [0.3, 0.4) is 0 Å². The fourth-order valence-corrected chi connectivity index (χ4v) is 1.47. The quantitative estimate of drug-likeness (QED) is 0.658. The Balaban J connectivity index is 2.27. The van der Waals surface area contributed by atoms with E-state index >= 15 is 0 Å². The third-order valence-electron chi connectivity index (χ3n) is 2.16. The van der Waals surface area contributed by atoms with Gasteiger partial charge in [-0.1, -0.05) is 0 Å². The van der Waals surface area contributed by atoms with Gasteiger partial charge in [-0.05, 0) is 12.1 Å². The third-order valence-corrected chi connectivity index (χ3v) is 2.16. The van der Waals surface area contributed by atoms with Crippen LogP contribution in [-0.4, -0.2) is 11.7 Å². The molecule has 2 N–H and O–H groups in total. The zero-order valence-electron chi connectivity index (χ0n) is 7.51. The van der Waals surface area contributed by atoms with E-state index in [9.17, 15) is 4.79 Å². The molecule has 15 heavy (non-hydrogen) atoms. The molecule has 6 nitrogen and oxygen atoms in total. The highest BCUT2D eigenvalue weighted by Gasteiger charge is 2.14. The van der Waals surface area contributed by atoms with Gasteiger partial charge in [-0.2, -0.15) is 10.2 Å². The van der Waals surface area contributed by atoms with Crippen LogP contribution in [0.5, 0.6) is 0 Å². The van der Waals surface area contributed by atoms with Crippen molar-refractivity contribution < 1.29 is 4.79 Å². The second kappa shape index (κ2) is 2.57. The second-order valence-corrected chi connectivity index (χ2v) is 3.16. The highest BCUT2D eigenvalue weighted by Crippen LogP contribution is 2.15. The van der Waals surface area contributed by atoms with Crippen molar-refractivity contribution in [2.45, 2.75) is 0 Å². The summed E-state index contributed by atoms with van der Waals surface area (Å²) in [5.41, 5.74) is 6.45. The maximum Gasteiger partial charge on any atom is 0.286 e. The number of nitrogens with zero attached hydrogens (tertiary/aromatic N) is 4. The number of rotatable bonds is 1. The van der Waals surface area contributed by atoms with E-state index in [0.717, 1.165) is 10.9 Å². The molecule has 3 rings (SSSR count). The molecule has 0 saturated heterocycles. The monoisotopic (exact) mass is 199 g/mol. The maximum absolute atomic E-state index is 10.9. The molecular formula is C9H5N5O. The fraction of sp³-hybridized carbons (Fsp3) is 0. The number of primary amides is 1. The molecule has 0 aromatic heterocycles. The Morgan fingerprint density at radius 1 is 1.20 bits per heavy atom. The first-order chi connectivity index (χ1) is 7.24. The van der Waals surface area contributed by atoms with Crippen LogP contribution in [0.4, 0.5) is 11.4 Å². The maximum atomic E-state index is 10.9.